The Morgan fingerprint density at radius 3 is 2.38 bits per heavy atom. The number of allylic oxidation sites excluding steroid dienone is 1. The van der Waals surface area contributed by atoms with Gasteiger partial charge in [-0.05, 0) is 50.0 Å². The maximum atomic E-state index is 15.2. The van der Waals surface area contributed by atoms with E-state index < -0.39 is 59.1 Å². The Morgan fingerprint density at radius 2 is 1.73 bits per heavy atom. The van der Waals surface area contributed by atoms with Crippen molar-refractivity contribution in [3.8, 4) is 0 Å². The molecule has 10 nitrogen and oxygen atoms in total. The number of carbonyl (C=O) groups excluding carboxylic acids is 4. The number of aliphatic hydroxyl groups is 1. The molecular formula is C38H53N3O7. The van der Waals surface area contributed by atoms with Gasteiger partial charge in [-0.2, -0.15) is 0 Å². The van der Waals surface area contributed by atoms with Crippen LogP contribution in [0.5, 0.6) is 0 Å². The summed E-state index contributed by atoms with van der Waals surface area (Å²) in [6, 6.07) is 6.89. The lowest BCUT2D eigenvalue weighted by Gasteiger charge is -2.46. The molecule has 0 radical (unpaired) electrons. The van der Waals surface area contributed by atoms with Crippen LogP contribution in [0.15, 0.2) is 54.6 Å². The Hall–Kier alpha value is -3.50. The molecular weight excluding hydrogens is 610 g/mol. The van der Waals surface area contributed by atoms with Gasteiger partial charge in [0.15, 0.2) is 0 Å². The van der Waals surface area contributed by atoms with Gasteiger partial charge in [0, 0.05) is 18.5 Å². The summed E-state index contributed by atoms with van der Waals surface area (Å²) in [4.78, 5) is 60.4. The maximum Gasteiger partial charge on any atom is 0.306 e. The lowest BCUT2D eigenvalue weighted by molar-refractivity contribution is -0.155. The van der Waals surface area contributed by atoms with E-state index in [0.29, 0.717) is 19.3 Å². The fourth-order valence-electron chi connectivity index (χ4n) is 8.50. The van der Waals surface area contributed by atoms with Gasteiger partial charge in [-0.15, -0.1) is 0 Å². The molecule has 1 spiro atoms. The highest BCUT2D eigenvalue weighted by atomic mass is 16.5. The van der Waals surface area contributed by atoms with Gasteiger partial charge in [-0.1, -0.05) is 89.3 Å². The monoisotopic (exact) mass is 663 g/mol. The third-order valence-electron chi connectivity index (χ3n) is 10.1. The van der Waals surface area contributed by atoms with Crippen LogP contribution in [0, 0.1) is 23.2 Å². The average Bonchev–Trinajstić information content (AvgIpc) is 3.65. The highest BCUT2D eigenvalue weighted by Gasteiger charge is 2.74. The number of likely N-dealkylation sites (tertiary alicyclic amines) is 1. The number of aliphatic hydroxyl groups excluding tert-OH is 1. The molecule has 4 heterocycles. The van der Waals surface area contributed by atoms with Crippen molar-refractivity contribution in [3.05, 3.63) is 60.2 Å². The van der Waals surface area contributed by atoms with E-state index >= 15 is 4.79 Å². The van der Waals surface area contributed by atoms with Crippen molar-refractivity contribution in [2.45, 2.75) is 110 Å². The number of nitrogens with zero attached hydrogens (tertiary/aromatic N) is 2. The van der Waals surface area contributed by atoms with Crippen LogP contribution >= 0.6 is 0 Å². The van der Waals surface area contributed by atoms with Crippen LogP contribution in [0.25, 0.3) is 0 Å². The summed E-state index contributed by atoms with van der Waals surface area (Å²) in [6.45, 7) is 14.3. The largest absolute Gasteiger partial charge is 0.463 e. The molecule has 1 aromatic carbocycles. The fraction of sp³-hybridized carbons (Fsp3) is 0.632. The second-order valence-corrected chi connectivity index (χ2v) is 16.1. The number of esters is 1. The van der Waals surface area contributed by atoms with Crippen molar-refractivity contribution < 1.29 is 33.8 Å². The smallest absolute Gasteiger partial charge is 0.306 e. The molecule has 0 unspecified atom stereocenters. The first-order valence-corrected chi connectivity index (χ1v) is 17.4. The topological polar surface area (TPSA) is 125 Å². The number of amides is 3. The molecule has 2 N–H and O–H groups in total. The molecule has 0 saturated carbocycles. The zero-order valence-corrected chi connectivity index (χ0v) is 29.5. The van der Waals surface area contributed by atoms with E-state index in [1.54, 1.807) is 15.9 Å². The average molecular weight is 664 g/mol. The first-order valence-electron chi connectivity index (χ1n) is 17.4. The van der Waals surface area contributed by atoms with Crippen molar-refractivity contribution in [3.63, 3.8) is 0 Å². The maximum absolute atomic E-state index is 15.2. The van der Waals surface area contributed by atoms with E-state index in [1.807, 2.05) is 76.3 Å². The molecule has 4 aliphatic heterocycles. The van der Waals surface area contributed by atoms with Gasteiger partial charge in [0.05, 0.1) is 36.6 Å². The van der Waals surface area contributed by atoms with Gasteiger partial charge < -0.3 is 29.7 Å². The second-order valence-electron chi connectivity index (χ2n) is 16.1. The number of rotatable bonds is 7. The lowest BCUT2D eigenvalue weighted by atomic mass is 9.73. The Bertz CT molecular complexity index is 1430. The molecule has 2 fully saturated rings. The molecule has 5 rings (SSSR count). The highest BCUT2D eigenvalue weighted by molar-refractivity contribution is 6.00. The van der Waals surface area contributed by atoms with Crippen LogP contribution in [-0.4, -0.2) is 87.7 Å². The van der Waals surface area contributed by atoms with Crippen LogP contribution in [-0.2, 0) is 28.7 Å². The Morgan fingerprint density at radius 1 is 1.02 bits per heavy atom. The lowest BCUT2D eigenvalue weighted by Crippen LogP contribution is -2.62. The summed E-state index contributed by atoms with van der Waals surface area (Å²) >= 11 is 0. The van der Waals surface area contributed by atoms with Gasteiger partial charge >= 0.3 is 5.97 Å². The summed E-state index contributed by atoms with van der Waals surface area (Å²) in [5.41, 5.74) is -1.39. The first kappa shape index (κ1) is 35.8. The molecule has 48 heavy (non-hydrogen) atoms. The molecule has 3 amide bonds. The summed E-state index contributed by atoms with van der Waals surface area (Å²) in [6.07, 6.45) is 8.38. The second kappa shape index (κ2) is 13.8. The number of ether oxygens (including phenoxy) is 2. The van der Waals surface area contributed by atoms with Gasteiger partial charge in [0.25, 0.3) is 0 Å². The van der Waals surface area contributed by atoms with Crippen LogP contribution in [0.2, 0.25) is 0 Å². The summed E-state index contributed by atoms with van der Waals surface area (Å²) in [5.74, 6) is -3.22. The quantitative estimate of drug-likeness (QED) is 0.329. The summed E-state index contributed by atoms with van der Waals surface area (Å²) in [5, 5.41) is 13.8. The number of hydrogen-bond acceptors (Lipinski definition) is 7. The van der Waals surface area contributed by atoms with Gasteiger partial charge in [-0.25, -0.2) is 0 Å². The van der Waals surface area contributed by atoms with Crippen molar-refractivity contribution in [1.82, 2.24) is 15.1 Å². The molecule has 10 heteroatoms. The number of carbonyl (C=O) groups is 4. The van der Waals surface area contributed by atoms with Gasteiger partial charge in [-0.3, -0.25) is 19.2 Å². The number of benzene rings is 1. The predicted octanol–water partition coefficient (Wildman–Crippen LogP) is 4.34. The molecule has 0 aromatic heterocycles. The summed E-state index contributed by atoms with van der Waals surface area (Å²) in [7, 11) is 0. The molecule has 4 aliphatic rings. The normalized spacial score (nSPS) is 31.2. The standard InChI is InChI=1S/C38H53N3O7/c1-24(2)20-26(21-42)41-32-35(46)40(37(6,7)23-36(3,4)5)19-13-9-12-16-29(43)47-22-27(25-14-10-8-11-15-25)39-33(44)30-28-17-18-38(32,48-28)31(30)34(41)45/h8-11,13-15,17-18,24,26-28,30-32,42H,12,16,19-23H2,1-7H3,(H,39,44)/b13-9-/t26-,27+,28+,30-,31-,32+,38-/m1/s1. The molecule has 2 saturated heterocycles. The first-order chi connectivity index (χ1) is 22.6. The third kappa shape index (κ3) is 6.97. The van der Waals surface area contributed by atoms with E-state index in [4.69, 9.17) is 9.47 Å². The molecule has 7 atom stereocenters. The number of cyclic esters (lactones) is 1. The molecule has 5 bridgehead atoms. The molecule has 262 valence electrons. The van der Waals surface area contributed by atoms with Gasteiger partial charge in [0.2, 0.25) is 17.7 Å². The number of fused-ring (bicyclic) bond motifs is 2. The molecule has 0 aliphatic carbocycles. The minimum absolute atomic E-state index is 0.0703. The minimum Gasteiger partial charge on any atom is -0.463 e. The van der Waals surface area contributed by atoms with E-state index in [9.17, 15) is 19.5 Å². The molecule has 1 aromatic rings. The zero-order chi connectivity index (χ0) is 35.0. The van der Waals surface area contributed by atoms with Crippen molar-refractivity contribution in [2.75, 3.05) is 19.8 Å². The fourth-order valence-corrected chi connectivity index (χ4v) is 8.50. The SMILES string of the molecule is CC(C)C[C@H](CO)N1C(=O)[C@H]2[C@@H]3C(=O)N[C@H](c4ccccc4)COC(=O)CC/C=C\CN(C(C)(C)CC(C)(C)C)C(=O)[C@H]1[C@@]21C=C[C@@H]3O1. The van der Waals surface area contributed by atoms with E-state index in [1.165, 1.54) is 0 Å². The van der Waals surface area contributed by atoms with Gasteiger partial charge in [0.1, 0.15) is 18.2 Å². The number of nitrogens with one attached hydrogen (secondary N) is 1. The van der Waals surface area contributed by atoms with Crippen molar-refractivity contribution >= 4 is 23.7 Å². The Labute approximate surface area is 284 Å². The van der Waals surface area contributed by atoms with Crippen LogP contribution in [0.1, 0.15) is 85.8 Å². The van der Waals surface area contributed by atoms with E-state index in [0.717, 1.165) is 5.56 Å². The van der Waals surface area contributed by atoms with E-state index in [-0.39, 0.29) is 49.3 Å². The van der Waals surface area contributed by atoms with Crippen LogP contribution in [0.4, 0.5) is 0 Å². The zero-order valence-electron chi connectivity index (χ0n) is 29.5. The van der Waals surface area contributed by atoms with Crippen LogP contribution in [0.3, 0.4) is 0 Å². The Kier molecular flexibility index (Phi) is 10.3. The van der Waals surface area contributed by atoms with Crippen molar-refractivity contribution in [1.29, 1.82) is 0 Å². The number of hydrogen-bond donors (Lipinski definition) is 2. The highest BCUT2D eigenvalue weighted by Crippen LogP contribution is 2.56. The summed E-state index contributed by atoms with van der Waals surface area (Å²) < 4.78 is 12.3. The minimum atomic E-state index is -1.38. The van der Waals surface area contributed by atoms with Crippen LogP contribution < -0.4 is 5.32 Å². The van der Waals surface area contributed by atoms with E-state index in [2.05, 4.69) is 26.1 Å². The van der Waals surface area contributed by atoms with Crippen molar-refractivity contribution in [2.24, 2.45) is 23.2 Å². The predicted molar refractivity (Wildman–Crippen MR) is 181 cm³/mol. The third-order valence-corrected chi connectivity index (χ3v) is 10.1. The Balaban J connectivity index is 1.63.